The maximum Gasteiger partial charge on any atom is 0.302 e. The summed E-state index contributed by atoms with van der Waals surface area (Å²) in [6.07, 6.45) is 9.74. The molecule has 4 rings (SSSR count). The number of hydrogen-bond acceptors (Lipinski definition) is 6. The van der Waals surface area contributed by atoms with Crippen molar-refractivity contribution in [2.24, 2.45) is 0 Å². The van der Waals surface area contributed by atoms with E-state index in [2.05, 4.69) is 22.0 Å². The molecule has 164 valence electrons. The van der Waals surface area contributed by atoms with Gasteiger partial charge in [-0.15, -0.1) is 0 Å². The van der Waals surface area contributed by atoms with Gasteiger partial charge in [-0.05, 0) is 62.2 Å². The largest absolute Gasteiger partial charge is 0.490 e. The lowest BCUT2D eigenvalue weighted by atomic mass is 9.97. The van der Waals surface area contributed by atoms with E-state index in [0.29, 0.717) is 18.9 Å². The summed E-state index contributed by atoms with van der Waals surface area (Å²) in [7, 11) is 0. The molecule has 1 aromatic carbocycles. The van der Waals surface area contributed by atoms with Crippen LogP contribution in [0.15, 0.2) is 42.6 Å². The molecule has 2 aliphatic rings. The van der Waals surface area contributed by atoms with Gasteiger partial charge in [-0.2, -0.15) is 0 Å². The van der Waals surface area contributed by atoms with E-state index in [9.17, 15) is 4.79 Å². The molecule has 1 saturated heterocycles. The normalized spacial score (nSPS) is 17.3. The van der Waals surface area contributed by atoms with Gasteiger partial charge in [0.15, 0.2) is 0 Å². The maximum absolute atomic E-state index is 11.0. The summed E-state index contributed by atoms with van der Waals surface area (Å²) in [5, 5.41) is 0. The highest BCUT2D eigenvalue weighted by molar-refractivity contribution is 5.75. The number of fused-ring (bicyclic) bond motifs is 2. The van der Waals surface area contributed by atoms with Crippen LogP contribution in [-0.2, 0) is 16.0 Å². The summed E-state index contributed by atoms with van der Waals surface area (Å²) >= 11 is 0. The Morgan fingerprint density at radius 1 is 1.16 bits per heavy atom. The van der Waals surface area contributed by atoms with Gasteiger partial charge in [-0.1, -0.05) is 18.6 Å². The number of pyridine rings is 1. The van der Waals surface area contributed by atoms with E-state index in [-0.39, 0.29) is 12.6 Å². The van der Waals surface area contributed by atoms with E-state index in [1.165, 1.54) is 44.8 Å². The van der Waals surface area contributed by atoms with Crippen LogP contribution < -0.4 is 9.47 Å². The molecule has 0 aliphatic carbocycles. The minimum atomic E-state index is -0.306. The highest BCUT2D eigenvalue weighted by Crippen LogP contribution is 2.41. The SMILES string of the molecule is CC(=O)OCCOc1cccc2c1C/C(=C/CCN1CCCCC1)c1cccnc1O2. The summed E-state index contributed by atoms with van der Waals surface area (Å²) in [4.78, 5) is 18.0. The second kappa shape index (κ2) is 10.4. The first-order chi connectivity index (χ1) is 15.2. The molecule has 2 aliphatic heterocycles. The van der Waals surface area contributed by atoms with Crippen LogP contribution in [0.3, 0.4) is 0 Å². The Morgan fingerprint density at radius 3 is 2.87 bits per heavy atom. The zero-order valence-electron chi connectivity index (χ0n) is 18.1. The van der Waals surface area contributed by atoms with Gasteiger partial charge >= 0.3 is 5.97 Å². The fourth-order valence-corrected chi connectivity index (χ4v) is 4.18. The number of likely N-dealkylation sites (tertiary alicyclic amines) is 1. The van der Waals surface area contributed by atoms with Gasteiger partial charge in [0.25, 0.3) is 0 Å². The second-order valence-corrected chi connectivity index (χ2v) is 7.98. The Hall–Kier alpha value is -2.86. The molecule has 0 radical (unpaired) electrons. The quantitative estimate of drug-likeness (QED) is 0.479. The van der Waals surface area contributed by atoms with Crippen molar-refractivity contribution in [3.8, 4) is 17.4 Å². The van der Waals surface area contributed by atoms with Gasteiger partial charge in [0.05, 0.1) is 0 Å². The molecule has 0 unspecified atom stereocenters. The maximum atomic E-state index is 11.0. The molecule has 0 bridgehead atoms. The number of ether oxygens (including phenoxy) is 3. The fourth-order valence-electron chi connectivity index (χ4n) is 4.18. The molecule has 1 fully saturated rings. The molecule has 2 aromatic rings. The number of allylic oxidation sites excluding steroid dienone is 1. The number of piperidine rings is 1. The number of hydrogen-bond donors (Lipinski definition) is 0. The van der Waals surface area contributed by atoms with Crippen molar-refractivity contribution in [1.29, 1.82) is 0 Å². The average Bonchev–Trinajstić information content (AvgIpc) is 2.94. The van der Waals surface area contributed by atoms with E-state index in [4.69, 9.17) is 14.2 Å². The van der Waals surface area contributed by atoms with Crippen molar-refractivity contribution in [3.05, 3.63) is 53.7 Å². The Balaban J connectivity index is 1.54. The number of nitrogens with zero attached hydrogens (tertiary/aromatic N) is 2. The van der Waals surface area contributed by atoms with Crippen molar-refractivity contribution in [1.82, 2.24) is 9.88 Å². The highest BCUT2D eigenvalue weighted by Gasteiger charge is 2.22. The predicted octanol–water partition coefficient (Wildman–Crippen LogP) is 4.63. The second-order valence-electron chi connectivity index (χ2n) is 7.98. The topological polar surface area (TPSA) is 60.9 Å². The van der Waals surface area contributed by atoms with Gasteiger partial charge in [0.2, 0.25) is 5.88 Å². The van der Waals surface area contributed by atoms with E-state index < -0.39 is 0 Å². The molecular weight excluding hydrogens is 392 g/mol. The lowest BCUT2D eigenvalue weighted by Crippen LogP contribution is -2.30. The smallest absolute Gasteiger partial charge is 0.302 e. The van der Waals surface area contributed by atoms with Gasteiger partial charge in [-0.25, -0.2) is 4.98 Å². The minimum Gasteiger partial charge on any atom is -0.490 e. The third-order valence-corrected chi connectivity index (χ3v) is 5.71. The van der Waals surface area contributed by atoms with Crippen molar-refractivity contribution in [3.63, 3.8) is 0 Å². The van der Waals surface area contributed by atoms with Crippen LogP contribution in [0, 0.1) is 0 Å². The average molecular weight is 423 g/mol. The first-order valence-corrected chi connectivity index (χ1v) is 11.1. The first-order valence-electron chi connectivity index (χ1n) is 11.1. The highest BCUT2D eigenvalue weighted by atomic mass is 16.6. The van der Waals surface area contributed by atoms with Crippen LogP contribution in [-0.4, -0.2) is 48.7 Å². The molecule has 0 N–H and O–H groups in total. The number of rotatable bonds is 7. The molecule has 0 amide bonds. The minimum absolute atomic E-state index is 0.222. The van der Waals surface area contributed by atoms with Crippen molar-refractivity contribution < 1.29 is 19.0 Å². The standard InChI is InChI=1S/C25H30N2O4/c1-19(28)29-16-17-30-23-10-5-11-24-22(23)18-20(21-9-6-12-26-25(21)31-24)8-7-15-27-13-3-2-4-14-27/h5-6,8-12H,2-4,7,13-18H2,1H3/b20-8-. The predicted molar refractivity (Wildman–Crippen MR) is 119 cm³/mol. The summed E-state index contributed by atoms with van der Waals surface area (Å²) in [5.74, 6) is 1.82. The Labute approximate surface area is 183 Å². The number of benzene rings is 1. The molecular formula is C25H30N2O4. The molecule has 31 heavy (non-hydrogen) atoms. The zero-order valence-corrected chi connectivity index (χ0v) is 18.1. The van der Waals surface area contributed by atoms with Crippen LogP contribution >= 0.6 is 0 Å². The molecule has 0 spiro atoms. The molecule has 1 aromatic heterocycles. The number of aromatic nitrogens is 1. The van der Waals surface area contributed by atoms with Gasteiger partial charge in [-0.3, -0.25) is 4.79 Å². The van der Waals surface area contributed by atoms with E-state index in [1.54, 1.807) is 6.20 Å². The monoisotopic (exact) mass is 422 g/mol. The van der Waals surface area contributed by atoms with Crippen LogP contribution in [0.4, 0.5) is 0 Å². The molecule has 6 heteroatoms. The Bertz CT molecular complexity index is 935. The molecule has 6 nitrogen and oxygen atoms in total. The third kappa shape index (κ3) is 5.64. The van der Waals surface area contributed by atoms with Crippen LogP contribution in [0.25, 0.3) is 5.57 Å². The molecule has 0 saturated carbocycles. The van der Waals surface area contributed by atoms with Crippen LogP contribution in [0.1, 0.15) is 43.7 Å². The Kier molecular flexibility index (Phi) is 7.20. The third-order valence-electron chi connectivity index (χ3n) is 5.71. The van der Waals surface area contributed by atoms with Crippen molar-refractivity contribution in [2.75, 3.05) is 32.8 Å². The van der Waals surface area contributed by atoms with E-state index in [0.717, 1.165) is 35.6 Å². The fraction of sp³-hybridized carbons (Fsp3) is 0.440. The van der Waals surface area contributed by atoms with Crippen molar-refractivity contribution >= 4 is 11.5 Å². The van der Waals surface area contributed by atoms with E-state index >= 15 is 0 Å². The lowest BCUT2D eigenvalue weighted by molar-refractivity contribution is -0.141. The van der Waals surface area contributed by atoms with Gasteiger partial charge < -0.3 is 19.1 Å². The van der Waals surface area contributed by atoms with Crippen molar-refractivity contribution in [2.45, 2.75) is 39.0 Å². The summed E-state index contributed by atoms with van der Waals surface area (Å²) in [6.45, 7) is 5.40. The Morgan fingerprint density at radius 2 is 2.03 bits per heavy atom. The zero-order chi connectivity index (χ0) is 21.5. The summed E-state index contributed by atoms with van der Waals surface area (Å²) in [6, 6.07) is 9.82. The molecule has 3 heterocycles. The number of carbonyl (C=O) groups is 1. The van der Waals surface area contributed by atoms with E-state index in [1.807, 2.05) is 24.3 Å². The molecule has 0 atom stereocenters. The van der Waals surface area contributed by atoms with Gasteiger partial charge in [0, 0.05) is 37.2 Å². The summed E-state index contributed by atoms with van der Waals surface area (Å²) in [5.41, 5.74) is 3.23. The number of carbonyl (C=O) groups excluding carboxylic acids is 1. The number of esters is 1. The summed E-state index contributed by atoms with van der Waals surface area (Å²) < 4.78 is 17.1. The van der Waals surface area contributed by atoms with Gasteiger partial charge in [0.1, 0.15) is 24.7 Å². The first kappa shape index (κ1) is 21.4. The van der Waals surface area contributed by atoms with Crippen LogP contribution in [0.2, 0.25) is 0 Å². The van der Waals surface area contributed by atoms with Crippen LogP contribution in [0.5, 0.6) is 17.4 Å². The lowest BCUT2D eigenvalue weighted by Gasteiger charge is -2.25.